The van der Waals surface area contributed by atoms with Crippen molar-refractivity contribution in [3.05, 3.63) is 0 Å². The Balaban J connectivity index is 3.04. The third-order valence-electron chi connectivity index (χ3n) is 2.37. The van der Waals surface area contributed by atoms with Gasteiger partial charge in [0.2, 0.25) is 0 Å². The molecule has 0 radical (unpaired) electrons. The van der Waals surface area contributed by atoms with E-state index in [1.807, 2.05) is 0 Å². The predicted octanol–water partition coefficient (Wildman–Crippen LogP) is 0.513. The Bertz CT molecular complexity index is 369. The van der Waals surface area contributed by atoms with Crippen LogP contribution in [-0.2, 0) is 21.6 Å². The molecule has 0 N–H and O–H groups in total. The van der Waals surface area contributed by atoms with Crippen LogP contribution in [0.3, 0.4) is 0 Å². The highest BCUT2D eigenvalue weighted by molar-refractivity contribution is 8.06. The SMILES string of the molecule is [2H]C(C)C(C(C#N)C#N)C1[S@](=O)CC[S@@]1=O. The maximum Gasteiger partial charge on any atom is 0.138 e. The highest BCUT2D eigenvalue weighted by atomic mass is 32.3. The molecular formula is C9H12N2O2S2. The Hall–Kier alpha value is -0.720. The maximum absolute atomic E-state index is 11.7. The summed E-state index contributed by atoms with van der Waals surface area (Å²) < 4.78 is 30.3. The summed E-state index contributed by atoms with van der Waals surface area (Å²) in [5, 5.41) is 17.6. The van der Waals surface area contributed by atoms with E-state index in [9.17, 15) is 8.42 Å². The van der Waals surface area contributed by atoms with Crippen molar-refractivity contribution < 1.29 is 9.79 Å². The van der Waals surface area contributed by atoms with Crippen molar-refractivity contribution in [2.75, 3.05) is 11.5 Å². The second-order valence-corrected chi connectivity index (χ2v) is 6.84. The molecule has 5 atom stereocenters. The second-order valence-electron chi connectivity index (χ2n) is 3.18. The van der Waals surface area contributed by atoms with Gasteiger partial charge >= 0.3 is 0 Å². The highest BCUT2D eigenvalue weighted by Crippen LogP contribution is 2.29. The van der Waals surface area contributed by atoms with Gasteiger partial charge in [-0.05, 0) is 6.40 Å². The standard InChI is InChI=1S/C9H12N2O2S2/c1-2-8(7(5-10)6-11)9-14(12)3-4-15(9)13/h7-9H,2-4H2,1H3/t8?,9?,14-,15+/i2D/t2?,8?,9?,14-,15+. The van der Waals surface area contributed by atoms with Gasteiger partial charge in [0.25, 0.3) is 0 Å². The molecule has 0 bridgehead atoms. The Morgan fingerprint density at radius 3 is 2.20 bits per heavy atom. The first-order valence-electron chi connectivity index (χ1n) is 5.06. The lowest BCUT2D eigenvalue weighted by Gasteiger charge is -2.20. The molecule has 0 aliphatic carbocycles. The third kappa shape index (κ3) is 2.45. The van der Waals surface area contributed by atoms with Crippen molar-refractivity contribution in [2.45, 2.75) is 17.9 Å². The van der Waals surface area contributed by atoms with E-state index in [-0.39, 0.29) is 0 Å². The summed E-state index contributed by atoms with van der Waals surface area (Å²) in [7, 11) is -2.58. The maximum atomic E-state index is 11.7. The summed E-state index contributed by atoms with van der Waals surface area (Å²) >= 11 is 0. The molecule has 1 heterocycles. The minimum absolute atomic E-state index is 0.337. The highest BCUT2D eigenvalue weighted by Gasteiger charge is 2.40. The second kappa shape index (κ2) is 5.39. The van der Waals surface area contributed by atoms with Gasteiger partial charge < -0.3 is 0 Å². The normalized spacial score (nSPS) is 35.2. The molecule has 3 unspecified atom stereocenters. The van der Waals surface area contributed by atoms with E-state index in [1.54, 1.807) is 19.1 Å². The fourth-order valence-electron chi connectivity index (χ4n) is 1.57. The van der Waals surface area contributed by atoms with E-state index >= 15 is 0 Å². The first-order valence-corrected chi connectivity index (χ1v) is 7.25. The zero-order valence-corrected chi connectivity index (χ0v) is 9.88. The first-order chi connectivity index (χ1) is 7.52. The number of hydrogen-bond acceptors (Lipinski definition) is 4. The summed E-state index contributed by atoms with van der Waals surface area (Å²) in [6.07, 6.45) is -0.722. The van der Waals surface area contributed by atoms with Gasteiger partial charge in [-0.1, -0.05) is 6.92 Å². The summed E-state index contributed by atoms with van der Waals surface area (Å²) in [4.78, 5) is 0. The average Bonchev–Trinajstić information content (AvgIpc) is 2.55. The summed E-state index contributed by atoms with van der Waals surface area (Å²) in [6.45, 7) is 1.54. The van der Waals surface area contributed by atoms with E-state index in [2.05, 4.69) is 0 Å². The Labute approximate surface area is 95.6 Å². The summed E-state index contributed by atoms with van der Waals surface area (Å²) in [5.74, 6) is -1.03. The number of rotatable bonds is 3. The van der Waals surface area contributed by atoms with Crippen molar-refractivity contribution in [1.82, 2.24) is 0 Å². The van der Waals surface area contributed by atoms with Gasteiger partial charge in [-0.25, -0.2) is 0 Å². The van der Waals surface area contributed by atoms with Gasteiger partial charge in [0.05, 0.1) is 12.1 Å². The topological polar surface area (TPSA) is 81.7 Å². The molecule has 0 spiro atoms. The molecule has 1 fully saturated rings. The molecule has 4 nitrogen and oxygen atoms in total. The number of nitriles is 2. The molecule has 0 amide bonds. The predicted molar refractivity (Wildman–Crippen MR) is 58.3 cm³/mol. The quantitative estimate of drug-likeness (QED) is 0.725. The van der Waals surface area contributed by atoms with Crippen molar-refractivity contribution in [3.8, 4) is 12.1 Å². The third-order valence-corrected chi connectivity index (χ3v) is 6.79. The lowest BCUT2D eigenvalue weighted by atomic mass is 9.94. The van der Waals surface area contributed by atoms with E-state index in [4.69, 9.17) is 11.9 Å². The molecule has 0 aromatic carbocycles. The van der Waals surface area contributed by atoms with Crippen molar-refractivity contribution >= 4 is 21.6 Å². The van der Waals surface area contributed by atoms with Gasteiger partial charge in [0, 0.05) is 40.4 Å². The fraction of sp³-hybridized carbons (Fsp3) is 0.778. The van der Waals surface area contributed by atoms with Gasteiger partial charge in [0.15, 0.2) is 0 Å². The van der Waals surface area contributed by atoms with E-state index < -0.39 is 44.4 Å². The van der Waals surface area contributed by atoms with Gasteiger partial charge in [0.1, 0.15) is 10.5 Å². The van der Waals surface area contributed by atoms with Crippen molar-refractivity contribution in [2.24, 2.45) is 11.8 Å². The van der Waals surface area contributed by atoms with Crippen molar-refractivity contribution in [3.63, 3.8) is 0 Å². The monoisotopic (exact) mass is 245 g/mol. The molecule has 6 heteroatoms. The average molecular weight is 245 g/mol. The minimum Gasteiger partial charge on any atom is -0.258 e. The molecule has 0 saturated carbocycles. The Morgan fingerprint density at radius 1 is 1.40 bits per heavy atom. The van der Waals surface area contributed by atoms with E-state index in [0.717, 1.165) is 0 Å². The minimum atomic E-state index is -1.29. The van der Waals surface area contributed by atoms with E-state index in [0.29, 0.717) is 11.5 Å². The molecule has 82 valence electrons. The molecule has 1 aliphatic rings. The van der Waals surface area contributed by atoms with Crippen LogP contribution < -0.4 is 0 Å². The van der Waals surface area contributed by atoms with Crippen LogP contribution in [0.15, 0.2) is 0 Å². The molecule has 0 aromatic rings. The molecule has 1 aliphatic heterocycles. The summed E-state index contributed by atoms with van der Waals surface area (Å²) in [6, 6.07) is 3.60. The zero-order chi connectivity index (χ0) is 12.3. The van der Waals surface area contributed by atoms with Crippen molar-refractivity contribution in [1.29, 1.82) is 10.5 Å². The number of nitrogens with zero attached hydrogens (tertiary/aromatic N) is 2. The van der Waals surface area contributed by atoms with Crippen LogP contribution >= 0.6 is 0 Å². The lowest BCUT2D eigenvalue weighted by Crippen LogP contribution is -2.30. The van der Waals surface area contributed by atoms with Gasteiger partial charge in [-0.2, -0.15) is 10.5 Å². The van der Waals surface area contributed by atoms with Crippen LogP contribution in [0.25, 0.3) is 0 Å². The number of hydrogen-bond donors (Lipinski definition) is 0. The Morgan fingerprint density at radius 2 is 1.87 bits per heavy atom. The molecule has 1 saturated heterocycles. The van der Waals surface area contributed by atoms with Crippen LogP contribution in [0.1, 0.15) is 14.7 Å². The summed E-state index contributed by atoms with van der Waals surface area (Å²) in [5.41, 5.74) is 0. The zero-order valence-electron chi connectivity index (χ0n) is 9.25. The van der Waals surface area contributed by atoms with Gasteiger partial charge in [-0.15, -0.1) is 0 Å². The molecular weight excluding hydrogens is 232 g/mol. The van der Waals surface area contributed by atoms with Crippen LogP contribution in [-0.4, -0.2) is 24.5 Å². The molecule has 15 heavy (non-hydrogen) atoms. The lowest BCUT2D eigenvalue weighted by molar-refractivity contribution is 0.480. The van der Waals surface area contributed by atoms with Crippen LogP contribution in [0.4, 0.5) is 0 Å². The van der Waals surface area contributed by atoms with Crippen LogP contribution in [0.2, 0.25) is 0 Å². The molecule has 0 aromatic heterocycles. The fourth-order valence-corrected chi connectivity index (χ4v) is 6.22. The van der Waals surface area contributed by atoms with Crippen LogP contribution in [0, 0.1) is 34.5 Å². The van der Waals surface area contributed by atoms with Crippen LogP contribution in [0.5, 0.6) is 0 Å². The first kappa shape index (κ1) is 10.8. The smallest absolute Gasteiger partial charge is 0.138 e. The largest absolute Gasteiger partial charge is 0.258 e. The van der Waals surface area contributed by atoms with E-state index in [1.165, 1.54) is 0 Å². The molecule has 1 rings (SSSR count). The van der Waals surface area contributed by atoms with Gasteiger partial charge in [-0.3, -0.25) is 8.42 Å². The Kier molecular flexibility index (Phi) is 3.87.